The van der Waals surface area contributed by atoms with Crippen molar-refractivity contribution in [3.63, 3.8) is 0 Å². The molecule has 6 heterocycles. The van der Waals surface area contributed by atoms with Crippen molar-refractivity contribution in [1.82, 2.24) is 34.9 Å². The van der Waals surface area contributed by atoms with Gasteiger partial charge >= 0.3 is 10.9 Å². The summed E-state index contributed by atoms with van der Waals surface area (Å²) in [5.74, 6) is 0.529. The van der Waals surface area contributed by atoms with Crippen LogP contribution in [0.2, 0.25) is 0 Å². The number of nitrogens with zero attached hydrogens (tertiary/aromatic N) is 7. The number of rotatable bonds is 12. The fourth-order valence-corrected chi connectivity index (χ4v) is 9.52. The van der Waals surface area contributed by atoms with Crippen molar-refractivity contribution in [2.75, 3.05) is 19.9 Å². The number of nitrogens with one attached hydrogen (secondary N) is 1. The largest absolute Gasteiger partial charge is 0.454 e. The molecule has 0 saturated carbocycles. The molecule has 4 aromatic carbocycles. The number of benzene rings is 4. The molecule has 0 radical (unpaired) electrons. The monoisotopic (exact) mass is 828 g/mol. The van der Waals surface area contributed by atoms with Crippen LogP contribution in [0.5, 0.6) is 17.4 Å². The van der Waals surface area contributed by atoms with Gasteiger partial charge in [0, 0.05) is 36.0 Å². The van der Waals surface area contributed by atoms with Gasteiger partial charge in [0.1, 0.15) is 18.3 Å². The molecule has 10 rings (SSSR count). The second-order valence-corrected chi connectivity index (χ2v) is 16.7. The molecule has 0 spiro atoms. The van der Waals surface area contributed by atoms with Gasteiger partial charge in [0.25, 0.3) is 9.84 Å². The van der Waals surface area contributed by atoms with Crippen molar-refractivity contribution in [3.05, 3.63) is 142 Å². The second-order valence-electron chi connectivity index (χ2n) is 14.8. The summed E-state index contributed by atoms with van der Waals surface area (Å²) in [5, 5.41) is 24.7. The van der Waals surface area contributed by atoms with E-state index in [2.05, 4.69) is 25.1 Å². The van der Waals surface area contributed by atoms with E-state index in [1.165, 1.54) is 12.1 Å². The average molecular weight is 829 g/mol. The standard InChI is InChI=1S/C42H36N8O9S/c51-37-24-47(41(52)34-21-32-31-8-4-5-9-33(31)43-38(32)39(49(34)37)28-14-15-35-36(20-28)58-25-57-35)22-29-23-48(46-44-29)18-16-26-10-12-27(13-11-26)17-19-56-40-42(50(53)59-45-40)60(54,55)30-6-2-1-3-7-30/h1-15,20,23,34,39,43H,16-19,21-22,24-25H2/t34-,39-/m1/s1. The number of carbonyl (C=O) groups is 2. The van der Waals surface area contributed by atoms with E-state index in [1.54, 1.807) is 38.9 Å². The highest BCUT2D eigenvalue weighted by Gasteiger charge is 2.48. The molecule has 18 heteroatoms. The Hall–Kier alpha value is -7.21. The average Bonchev–Trinajstić information content (AvgIpc) is 4.08. The first kappa shape index (κ1) is 37.1. The third-order valence-electron chi connectivity index (χ3n) is 11.1. The van der Waals surface area contributed by atoms with Gasteiger partial charge in [-0.2, -0.15) is 0 Å². The summed E-state index contributed by atoms with van der Waals surface area (Å²) in [6.45, 7) is 0.758. The van der Waals surface area contributed by atoms with Crippen molar-refractivity contribution in [3.8, 4) is 17.4 Å². The summed E-state index contributed by atoms with van der Waals surface area (Å²) in [6.07, 6.45) is 3.24. The van der Waals surface area contributed by atoms with Gasteiger partial charge in [-0.25, -0.2) is 8.42 Å². The smallest absolute Gasteiger partial charge is 0.414 e. The molecule has 1 saturated heterocycles. The van der Waals surface area contributed by atoms with Gasteiger partial charge < -0.3 is 34.2 Å². The van der Waals surface area contributed by atoms with E-state index in [-0.39, 0.29) is 48.1 Å². The Balaban J connectivity index is 0.774. The van der Waals surface area contributed by atoms with Gasteiger partial charge in [-0.05, 0) is 63.9 Å². The molecule has 3 aromatic heterocycles. The van der Waals surface area contributed by atoms with Crippen molar-refractivity contribution in [2.24, 2.45) is 0 Å². The third kappa shape index (κ3) is 6.63. The van der Waals surface area contributed by atoms with Gasteiger partial charge in [0.2, 0.25) is 18.6 Å². The van der Waals surface area contributed by atoms with Gasteiger partial charge in [-0.1, -0.05) is 71.9 Å². The van der Waals surface area contributed by atoms with Crippen LogP contribution in [-0.2, 0) is 51.8 Å². The molecule has 2 atom stereocenters. The Kier molecular flexibility index (Phi) is 9.19. The Morgan fingerprint density at radius 3 is 2.52 bits per heavy atom. The SMILES string of the molecule is O=C1[C@H]2Cc3c([nH]c4ccccc34)[C@@H](c3ccc4c(c3)OCO4)N2C(=O)CN1Cc1cn(CCc2ccc(CCOc3no[n+]([O-])c3S(=O)(=O)c3ccccc3)cc2)nn1. The number of aromatic nitrogens is 6. The lowest BCUT2D eigenvalue weighted by atomic mass is 9.86. The number of H-pyrrole nitrogens is 1. The number of aryl methyl sites for hydroxylation is 2. The van der Waals surface area contributed by atoms with Gasteiger partial charge in [-0.15, -0.1) is 5.10 Å². The van der Waals surface area contributed by atoms with Crippen molar-refractivity contribution < 1.29 is 41.7 Å². The molecule has 2 amide bonds. The van der Waals surface area contributed by atoms with E-state index in [0.29, 0.717) is 43.0 Å². The van der Waals surface area contributed by atoms with E-state index in [4.69, 9.17) is 14.2 Å². The topological polar surface area (TPSA) is 202 Å². The van der Waals surface area contributed by atoms with E-state index in [1.807, 2.05) is 66.7 Å². The van der Waals surface area contributed by atoms with Crippen LogP contribution in [0.4, 0.5) is 0 Å². The molecule has 0 unspecified atom stereocenters. The molecule has 1 fully saturated rings. The van der Waals surface area contributed by atoms with Crippen molar-refractivity contribution in [1.29, 1.82) is 0 Å². The van der Waals surface area contributed by atoms with Crippen LogP contribution < -0.4 is 19.1 Å². The first-order valence-corrected chi connectivity index (χ1v) is 20.8. The lowest BCUT2D eigenvalue weighted by Crippen LogP contribution is -2.62. The van der Waals surface area contributed by atoms with E-state index in [9.17, 15) is 23.2 Å². The highest BCUT2D eigenvalue weighted by molar-refractivity contribution is 7.91. The van der Waals surface area contributed by atoms with Crippen LogP contribution >= 0.6 is 0 Å². The van der Waals surface area contributed by atoms with Crippen LogP contribution in [0, 0.1) is 5.21 Å². The fourth-order valence-electron chi connectivity index (χ4n) is 8.23. The molecular weight excluding hydrogens is 793 g/mol. The molecular formula is C42H36N8O9S. The Morgan fingerprint density at radius 2 is 1.68 bits per heavy atom. The quantitative estimate of drug-likeness (QED) is 0.175. The minimum Gasteiger partial charge on any atom is -0.454 e. The minimum absolute atomic E-state index is 0.0549. The van der Waals surface area contributed by atoms with Crippen LogP contribution in [-0.4, -0.2) is 81.2 Å². The third-order valence-corrected chi connectivity index (χ3v) is 12.9. The number of hydrogen-bond donors (Lipinski definition) is 1. The van der Waals surface area contributed by atoms with Crippen molar-refractivity contribution >= 4 is 32.6 Å². The molecule has 7 aromatic rings. The Bertz CT molecular complexity index is 2880. The van der Waals surface area contributed by atoms with Crippen molar-refractivity contribution in [2.45, 2.75) is 54.4 Å². The first-order valence-electron chi connectivity index (χ1n) is 19.3. The summed E-state index contributed by atoms with van der Waals surface area (Å²) < 4.78 is 49.1. The maximum absolute atomic E-state index is 14.3. The molecule has 17 nitrogen and oxygen atoms in total. The summed E-state index contributed by atoms with van der Waals surface area (Å²) in [5.41, 5.74) is 6.22. The summed E-state index contributed by atoms with van der Waals surface area (Å²) in [6, 6.07) is 27.8. The lowest BCUT2D eigenvalue weighted by Gasteiger charge is -2.47. The molecule has 0 bridgehead atoms. The van der Waals surface area contributed by atoms with Crippen LogP contribution in [0.3, 0.4) is 0 Å². The maximum Gasteiger partial charge on any atom is 0.414 e. The van der Waals surface area contributed by atoms with E-state index < -0.39 is 32.8 Å². The Morgan fingerprint density at radius 1 is 0.917 bits per heavy atom. The highest BCUT2D eigenvalue weighted by atomic mass is 32.2. The zero-order valence-corrected chi connectivity index (χ0v) is 32.7. The predicted molar refractivity (Wildman–Crippen MR) is 209 cm³/mol. The first-order chi connectivity index (χ1) is 29.2. The number of hydrogen-bond acceptors (Lipinski definition) is 12. The maximum atomic E-state index is 14.3. The van der Waals surface area contributed by atoms with Gasteiger partial charge in [-0.3, -0.25) is 18.9 Å². The number of aromatic amines is 1. The van der Waals surface area contributed by atoms with E-state index >= 15 is 0 Å². The Labute approximate surface area is 342 Å². The number of amides is 2. The number of para-hydroxylation sites is 1. The summed E-state index contributed by atoms with van der Waals surface area (Å²) in [7, 11) is -4.21. The van der Waals surface area contributed by atoms with Crippen LogP contribution in [0.15, 0.2) is 118 Å². The molecule has 3 aliphatic rings. The fraction of sp³-hybridized carbons (Fsp3) is 0.238. The predicted octanol–water partition coefficient (Wildman–Crippen LogP) is 3.69. The van der Waals surface area contributed by atoms with Gasteiger partial charge in [0.05, 0.1) is 35.4 Å². The summed E-state index contributed by atoms with van der Waals surface area (Å²) >= 11 is 0. The summed E-state index contributed by atoms with van der Waals surface area (Å²) in [4.78, 5) is 35.0. The van der Waals surface area contributed by atoms with Crippen LogP contribution in [0.1, 0.15) is 39.7 Å². The highest BCUT2D eigenvalue weighted by Crippen LogP contribution is 2.45. The molecule has 304 valence electrons. The second kappa shape index (κ2) is 14.9. The normalized spacial score (nSPS) is 17.3. The number of fused-ring (bicyclic) bond motifs is 5. The zero-order valence-electron chi connectivity index (χ0n) is 31.8. The molecule has 0 aliphatic carbocycles. The van der Waals surface area contributed by atoms with Gasteiger partial charge in [0.15, 0.2) is 11.5 Å². The number of ether oxygens (including phenoxy) is 3. The molecule has 3 aliphatic heterocycles. The molecule has 1 N–H and O–H groups in total. The van der Waals surface area contributed by atoms with E-state index in [0.717, 1.165) is 38.9 Å². The zero-order chi connectivity index (χ0) is 41.0. The minimum atomic E-state index is -4.21. The lowest BCUT2D eigenvalue weighted by molar-refractivity contribution is -0.832. The van der Waals surface area contributed by atoms with Crippen LogP contribution in [0.25, 0.3) is 10.9 Å². The number of piperazine rings is 1. The molecule has 60 heavy (non-hydrogen) atoms. The number of sulfone groups is 1. The number of carbonyl (C=O) groups excluding carboxylic acids is 2.